The SMILES string of the molecule is CC(C)(C)OC(=O)N[C@@H](CCC(CN)C(=O)OCc1ccccc1Cl)C(=O)O. The number of esters is 1. The first-order valence-electron chi connectivity index (χ1n) is 8.86. The molecule has 28 heavy (non-hydrogen) atoms. The highest BCUT2D eigenvalue weighted by atomic mass is 35.5. The molecule has 8 nitrogen and oxygen atoms in total. The van der Waals surface area contributed by atoms with Crippen molar-refractivity contribution in [3.8, 4) is 0 Å². The lowest BCUT2D eigenvalue weighted by molar-refractivity contribution is -0.150. The van der Waals surface area contributed by atoms with Crippen LogP contribution in [0.4, 0.5) is 4.79 Å². The van der Waals surface area contributed by atoms with Gasteiger partial charge in [0.15, 0.2) is 0 Å². The van der Waals surface area contributed by atoms with Crippen molar-refractivity contribution in [2.45, 2.75) is 51.9 Å². The first-order valence-corrected chi connectivity index (χ1v) is 9.23. The van der Waals surface area contributed by atoms with Gasteiger partial charge in [0.05, 0.1) is 5.92 Å². The van der Waals surface area contributed by atoms with Gasteiger partial charge in [0, 0.05) is 17.1 Å². The van der Waals surface area contributed by atoms with Gasteiger partial charge in [0.2, 0.25) is 0 Å². The number of carbonyl (C=O) groups is 3. The average molecular weight is 415 g/mol. The largest absolute Gasteiger partial charge is 0.480 e. The molecule has 1 amide bonds. The minimum absolute atomic E-state index is 0.00235. The van der Waals surface area contributed by atoms with E-state index in [2.05, 4.69) is 5.32 Å². The maximum absolute atomic E-state index is 12.2. The van der Waals surface area contributed by atoms with Crippen LogP contribution in [-0.4, -0.2) is 41.3 Å². The maximum atomic E-state index is 12.2. The number of hydrogen-bond donors (Lipinski definition) is 3. The number of carboxylic acids is 1. The van der Waals surface area contributed by atoms with Crippen molar-refractivity contribution < 1.29 is 29.0 Å². The van der Waals surface area contributed by atoms with Gasteiger partial charge in [-0.25, -0.2) is 9.59 Å². The smallest absolute Gasteiger partial charge is 0.408 e. The lowest BCUT2D eigenvalue weighted by Gasteiger charge is -2.22. The molecule has 0 bridgehead atoms. The van der Waals surface area contributed by atoms with Crippen molar-refractivity contribution >= 4 is 29.6 Å². The van der Waals surface area contributed by atoms with E-state index >= 15 is 0 Å². The normalized spacial score (nSPS) is 13.3. The molecule has 0 aliphatic rings. The highest BCUT2D eigenvalue weighted by Crippen LogP contribution is 2.18. The molecule has 0 aromatic heterocycles. The topological polar surface area (TPSA) is 128 Å². The number of hydrogen-bond acceptors (Lipinski definition) is 6. The van der Waals surface area contributed by atoms with E-state index in [1.807, 2.05) is 0 Å². The van der Waals surface area contributed by atoms with Crippen LogP contribution in [0.3, 0.4) is 0 Å². The summed E-state index contributed by atoms with van der Waals surface area (Å²) in [4.78, 5) is 35.4. The molecule has 0 saturated carbocycles. The third-order valence-electron chi connectivity index (χ3n) is 3.74. The number of ether oxygens (including phenoxy) is 2. The summed E-state index contributed by atoms with van der Waals surface area (Å²) in [5.74, 6) is -2.49. The molecule has 4 N–H and O–H groups in total. The van der Waals surface area contributed by atoms with Crippen molar-refractivity contribution in [2.24, 2.45) is 11.7 Å². The standard InChI is InChI=1S/C19H27ClN2O6/c1-19(2,3)28-18(26)22-15(16(23)24)9-8-12(10-21)17(25)27-11-13-6-4-5-7-14(13)20/h4-7,12,15H,8-11,21H2,1-3H3,(H,22,26)(H,23,24)/t12?,15-/m0/s1. The zero-order valence-corrected chi connectivity index (χ0v) is 17.0. The van der Waals surface area contributed by atoms with Crippen LogP contribution in [0, 0.1) is 5.92 Å². The van der Waals surface area contributed by atoms with Crippen molar-refractivity contribution in [3.05, 3.63) is 34.9 Å². The number of aliphatic carboxylic acids is 1. The molecule has 0 aliphatic carbocycles. The van der Waals surface area contributed by atoms with Gasteiger partial charge in [-0.3, -0.25) is 4.79 Å². The molecule has 1 rings (SSSR count). The van der Waals surface area contributed by atoms with Gasteiger partial charge in [0.25, 0.3) is 0 Å². The fourth-order valence-electron chi connectivity index (χ4n) is 2.29. The van der Waals surface area contributed by atoms with Crippen molar-refractivity contribution in [2.75, 3.05) is 6.54 Å². The zero-order valence-electron chi connectivity index (χ0n) is 16.2. The molecular formula is C19H27ClN2O6. The fraction of sp³-hybridized carbons (Fsp3) is 0.526. The summed E-state index contributed by atoms with van der Waals surface area (Å²) in [7, 11) is 0. The van der Waals surface area contributed by atoms with Crippen LogP contribution in [0.2, 0.25) is 5.02 Å². The molecule has 0 aliphatic heterocycles. The molecule has 0 heterocycles. The molecule has 156 valence electrons. The molecule has 9 heteroatoms. The summed E-state index contributed by atoms with van der Waals surface area (Å²) in [5.41, 5.74) is 5.53. The molecule has 1 unspecified atom stereocenters. The number of amides is 1. The van der Waals surface area contributed by atoms with Gasteiger partial charge in [-0.1, -0.05) is 29.8 Å². The highest BCUT2D eigenvalue weighted by molar-refractivity contribution is 6.31. The van der Waals surface area contributed by atoms with E-state index in [9.17, 15) is 19.5 Å². The lowest BCUT2D eigenvalue weighted by atomic mass is 10.00. The molecule has 1 aromatic rings. The number of carboxylic acid groups (broad SMARTS) is 1. The van der Waals surface area contributed by atoms with Crippen LogP contribution in [0.25, 0.3) is 0 Å². The summed E-state index contributed by atoms with van der Waals surface area (Å²) in [6.45, 7) is 4.99. The third kappa shape index (κ3) is 8.58. The second-order valence-corrected chi connectivity index (χ2v) is 7.65. The quantitative estimate of drug-likeness (QED) is 0.530. The van der Waals surface area contributed by atoms with E-state index in [1.165, 1.54) is 0 Å². The minimum atomic E-state index is -1.23. The number of nitrogens with one attached hydrogen (secondary N) is 1. The Morgan fingerprint density at radius 1 is 1.21 bits per heavy atom. The Morgan fingerprint density at radius 2 is 1.86 bits per heavy atom. The number of nitrogens with two attached hydrogens (primary N) is 1. The Morgan fingerprint density at radius 3 is 2.39 bits per heavy atom. The van der Waals surface area contributed by atoms with Gasteiger partial charge in [-0.15, -0.1) is 0 Å². The number of carbonyl (C=O) groups excluding carboxylic acids is 2. The van der Waals surface area contributed by atoms with E-state index in [0.717, 1.165) is 0 Å². The first kappa shape index (κ1) is 23.7. The van der Waals surface area contributed by atoms with Crippen molar-refractivity contribution in [3.63, 3.8) is 0 Å². The molecule has 0 saturated heterocycles. The van der Waals surface area contributed by atoms with Gasteiger partial charge < -0.3 is 25.6 Å². The molecule has 2 atom stereocenters. The van der Waals surface area contributed by atoms with Gasteiger partial charge in [-0.05, 0) is 39.7 Å². The third-order valence-corrected chi connectivity index (χ3v) is 4.11. The Kier molecular flexibility index (Phi) is 9.21. The van der Waals surface area contributed by atoms with E-state index in [4.69, 9.17) is 26.8 Å². The van der Waals surface area contributed by atoms with Gasteiger partial charge in [0.1, 0.15) is 18.2 Å². The monoisotopic (exact) mass is 414 g/mol. The van der Waals surface area contributed by atoms with E-state index in [0.29, 0.717) is 10.6 Å². The average Bonchev–Trinajstić information content (AvgIpc) is 2.58. The molecule has 0 radical (unpaired) electrons. The minimum Gasteiger partial charge on any atom is -0.480 e. The Hall–Kier alpha value is -2.32. The molecule has 0 spiro atoms. The molecule has 1 aromatic carbocycles. The number of halogens is 1. The first-order chi connectivity index (χ1) is 13.0. The zero-order chi connectivity index (χ0) is 21.3. The van der Waals surface area contributed by atoms with E-state index < -0.39 is 35.6 Å². The van der Waals surface area contributed by atoms with E-state index in [-0.39, 0.29) is 26.0 Å². The number of benzene rings is 1. The van der Waals surface area contributed by atoms with Gasteiger partial charge in [-0.2, -0.15) is 0 Å². The second-order valence-electron chi connectivity index (χ2n) is 7.25. The van der Waals surface area contributed by atoms with Crippen LogP contribution in [0.15, 0.2) is 24.3 Å². The van der Waals surface area contributed by atoms with Crippen LogP contribution in [0.5, 0.6) is 0 Å². The van der Waals surface area contributed by atoms with Crippen LogP contribution in [-0.2, 0) is 25.7 Å². The summed E-state index contributed by atoms with van der Waals surface area (Å²) in [6.07, 6.45) is -0.715. The van der Waals surface area contributed by atoms with Crippen LogP contribution in [0.1, 0.15) is 39.2 Å². The Labute approximate surface area is 169 Å². The second kappa shape index (κ2) is 10.9. The Bertz CT molecular complexity index is 689. The predicted molar refractivity (Wildman–Crippen MR) is 104 cm³/mol. The molecule has 0 fully saturated rings. The highest BCUT2D eigenvalue weighted by Gasteiger charge is 2.27. The van der Waals surface area contributed by atoms with Crippen LogP contribution >= 0.6 is 11.6 Å². The van der Waals surface area contributed by atoms with Gasteiger partial charge >= 0.3 is 18.0 Å². The van der Waals surface area contributed by atoms with Crippen LogP contribution < -0.4 is 11.1 Å². The van der Waals surface area contributed by atoms with E-state index in [1.54, 1.807) is 45.0 Å². The summed E-state index contributed by atoms with van der Waals surface area (Å²) < 4.78 is 10.3. The Balaban J connectivity index is 2.58. The maximum Gasteiger partial charge on any atom is 0.408 e. The fourth-order valence-corrected chi connectivity index (χ4v) is 2.48. The lowest BCUT2D eigenvalue weighted by Crippen LogP contribution is -2.44. The predicted octanol–water partition coefficient (Wildman–Crippen LogP) is 2.72. The number of rotatable bonds is 9. The van der Waals surface area contributed by atoms with Crippen molar-refractivity contribution in [1.29, 1.82) is 0 Å². The molecular weight excluding hydrogens is 388 g/mol. The number of alkyl carbamates (subject to hydrolysis) is 1. The summed E-state index contributed by atoms with van der Waals surface area (Å²) >= 11 is 6.02. The summed E-state index contributed by atoms with van der Waals surface area (Å²) in [6, 6.07) is 5.75. The van der Waals surface area contributed by atoms with Crippen molar-refractivity contribution in [1.82, 2.24) is 5.32 Å². The summed E-state index contributed by atoms with van der Waals surface area (Å²) in [5, 5.41) is 12.1.